The van der Waals surface area contributed by atoms with Crippen LogP contribution in [0.3, 0.4) is 0 Å². The summed E-state index contributed by atoms with van der Waals surface area (Å²) in [5.41, 5.74) is 0. The summed E-state index contributed by atoms with van der Waals surface area (Å²) in [6.45, 7) is 4.39. The zero-order valence-corrected chi connectivity index (χ0v) is 9.02. The smallest absolute Gasteiger partial charge is 0.129 e. The van der Waals surface area contributed by atoms with Crippen LogP contribution >= 0.6 is 27.5 Å². The van der Waals surface area contributed by atoms with Crippen LogP contribution < -0.4 is 0 Å². The fraction of sp³-hybridized carbons (Fsp3) is 0.714. The van der Waals surface area contributed by atoms with Crippen molar-refractivity contribution in [1.82, 2.24) is 9.36 Å². The Kier molecular flexibility index (Phi) is 3.45. The average Bonchev–Trinajstić information content (AvgIpc) is 2.39. The second kappa shape index (κ2) is 4.16. The van der Waals surface area contributed by atoms with Crippen molar-refractivity contribution in [3.8, 4) is 0 Å². The maximum Gasteiger partial charge on any atom is 0.129 e. The van der Waals surface area contributed by atoms with E-state index in [0.29, 0.717) is 10.7 Å². The van der Waals surface area contributed by atoms with Crippen molar-refractivity contribution in [2.24, 2.45) is 5.92 Å². The number of halogens is 1. The van der Waals surface area contributed by atoms with Gasteiger partial charge in [-0.25, -0.2) is 4.98 Å². The minimum atomic E-state index is 0.524. The SMILES string of the molecule is CC(C)C(Br)Cc1ncns1. The molecule has 1 atom stereocenters. The number of nitrogens with zero attached hydrogens (tertiary/aromatic N) is 2. The third-order valence-corrected chi connectivity index (χ3v) is 3.56. The van der Waals surface area contributed by atoms with Gasteiger partial charge in [0.25, 0.3) is 0 Å². The zero-order valence-electron chi connectivity index (χ0n) is 6.62. The van der Waals surface area contributed by atoms with Crippen molar-refractivity contribution in [3.05, 3.63) is 11.3 Å². The predicted molar refractivity (Wildman–Crippen MR) is 51.2 cm³/mol. The van der Waals surface area contributed by atoms with Gasteiger partial charge in [-0.3, -0.25) is 0 Å². The summed E-state index contributed by atoms with van der Waals surface area (Å²) in [5, 5.41) is 1.11. The molecule has 1 unspecified atom stereocenters. The first-order valence-corrected chi connectivity index (χ1v) is 5.28. The number of rotatable bonds is 3. The van der Waals surface area contributed by atoms with E-state index in [1.165, 1.54) is 11.5 Å². The van der Waals surface area contributed by atoms with Crippen LogP contribution in [0.25, 0.3) is 0 Å². The summed E-state index contributed by atoms with van der Waals surface area (Å²) in [6.07, 6.45) is 2.60. The summed E-state index contributed by atoms with van der Waals surface area (Å²) in [7, 11) is 0. The molecule has 0 fully saturated rings. The van der Waals surface area contributed by atoms with Crippen LogP contribution in [0, 0.1) is 5.92 Å². The maximum absolute atomic E-state index is 4.12. The largest absolute Gasteiger partial charge is 0.228 e. The molecule has 0 bridgehead atoms. The quantitative estimate of drug-likeness (QED) is 0.752. The molecular formula is C7H11BrN2S. The van der Waals surface area contributed by atoms with Crippen molar-refractivity contribution in [3.63, 3.8) is 0 Å². The molecule has 0 saturated carbocycles. The summed E-state index contributed by atoms with van der Waals surface area (Å²) in [5.74, 6) is 0.652. The van der Waals surface area contributed by atoms with E-state index in [9.17, 15) is 0 Å². The number of hydrogen-bond donors (Lipinski definition) is 0. The molecule has 0 saturated heterocycles. The van der Waals surface area contributed by atoms with Gasteiger partial charge < -0.3 is 0 Å². The molecule has 0 aliphatic heterocycles. The van der Waals surface area contributed by atoms with Crippen LogP contribution in [-0.2, 0) is 6.42 Å². The maximum atomic E-state index is 4.12. The molecule has 1 aromatic rings. The Hall–Kier alpha value is 0.0400. The van der Waals surface area contributed by atoms with E-state index in [-0.39, 0.29) is 0 Å². The lowest BCUT2D eigenvalue weighted by molar-refractivity contribution is 0.612. The van der Waals surface area contributed by atoms with Crippen molar-refractivity contribution in [2.45, 2.75) is 25.1 Å². The van der Waals surface area contributed by atoms with Crippen molar-refractivity contribution in [1.29, 1.82) is 0 Å². The average molecular weight is 235 g/mol. The van der Waals surface area contributed by atoms with Crippen LogP contribution in [0.15, 0.2) is 6.33 Å². The van der Waals surface area contributed by atoms with Gasteiger partial charge >= 0.3 is 0 Å². The minimum absolute atomic E-state index is 0.524. The number of alkyl halides is 1. The molecule has 0 aliphatic rings. The van der Waals surface area contributed by atoms with Crippen LogP contribution in [0.5, 0.6) is 0 Å². The molecule has 2 nitrogen and oxygen atoms in total. The van der Waals surface area contributed by atoms with Gasteiger partial charge in [0.05, 0.1) is 0 Å². The molecule has 1 heterocycles. The van der Waals surface area contributed by atoms with E-state index in [1.807, 2.05) is 0 Å². The number of aromatic nitrogens is 2. The molecule has 11 heavy (non-hydrogen) atoms. The lowest BCUT2D eigenvalue weighted by Crippen LogP contribution is -2.09. The van der Waals surface area contributed by atoms with Gasteiger partial charge in [0, 0.05) is 11.2 Å². The lowest BCUT2D eigenvalue weighted by atomic mass is 10.1. The molecule has 0 amide bonds. The second-order valence-electron chi connectivity index (χ2n) is 2.80. The standard InChI is InChI=1S/C7H11BrN2S/c1-5(2)6(8)3-7-9-4-10-11-7/h4-6H,3H2,1-2H3. The van der Waals surface area contributed by atoms with E-state index in [4.69, 9.17) is 0 Å². The molecule has 1 rings (SSSR count). The highest BCUT2D eigenvalue weighted by Gasteiger charge is 2.11. The Morgan fingerprint density at radius 3 is 2.82 bits per heavy atom. The van der Waals surface area contributed by atoms with E-state index < -0.39 is 0 Å². The van der Waals surface area contributed by atoms with Crippen molar-refractivity contribution in [2.75, 3.05) is 0 Å². The van der Waals surface area contributed by atoms with Crippen LogP contribution in [0.1, 0.15) is 18.9 Å². The van der Waals surface area contributed by atoms with E-state index in [1.54, 1.807) is 6.33 Å². The van der Waals surface area contributed by atoms with Gasteiger partial charge in [0.2, 0.25) is 0 Å². The molecular weight excluding hydrogens is 224 g/mol. The molecule has 0 N–H and O–H groups in total. The molecule has 0 aliphatic carbocycles. The van der Waals surface area contributed by atoms with Gasteiger partial charge in [-0.05, 0) is 17.5 Å². The van der Waals surface area contributed by atoms with Gasteiger partial charge in [-0.1, -0.05) is 29.8 Å². The monoisotopic (exact) mass is 234 g/mol. The lowest BCUT2D eigenvalue weighted by Gasteiger charge is -2.10. The predicted octanol–water partition coefficient (Wildman–Crippen LogP) is 2.50. The Morgan fingerprint density at radius 2 is 2.36 bits per heavy atom. The molecule has 4 heteroatoms. The highest BCUT2D eigenvalue weighted by Crippen LogP contribution is 2.17. The van der Waals surface area contributed by atoms with Gasteiger partial charge in [0.15, 0.2) is 0 Å². The van der Waals surface area contributed by atoms with Crippen molar-refractivity contribution < 1.29 is 0 Å². The molecule has 0 radical (unpaired) electrons. The Labute approximate surface area is 79.3 Å². The van der Waals surface area contributed by atoms with Crippen LogP contribution in [-0.4, -0.2) is 14.2 Å². The summed E-state index contributed by atoms with van der Waals surface area (Å²) in [4.78, 5) is 4.64. The van der Waals surface area contributed by atoms with E-state index in [0.717, 1.165) is 11.4 Å². The third-order valence-electron chi connectivity index (χ3n) is 1.50. The highest BCUT2D eigenvalue weighted by molar-refractivity contribution is 9.09. The van der Waals surface area contributed by atoms with Gasteiger partial charge in [0.1, 0.15) is 11.3 Å². The Bertz CT molecular complexity index is 198. The second-order valence-corrected chi connectivity index (χ2v) is 4.84. The topological polar surface area (TPSA) is 25.8 Å². The summed E-state index contributed by atoms with van der Waals surface area (Å²) >= 11 is 5.08. The highest BCUT2D eigenvalue weighted by atomic mass is 79.9. The van der Waals surface area contributed by atoms with E-state index >= 15 is 0 Å². The minimum Gasteiger partial charge on any atom is -0.228 e. The van der Waals surface area contributed by atoms with Crippen LogP contribution in [0.2, 0.25) is 0 Å². The summed E-state index contributed by atoms with van der Waals surface area (Å²) < 4.78 is 3.94. The Balaban J connectivity index is 2.43. The van der Waals surface area contributed by atoms with E-state index in [2.05, 4.69) is 39.1 Å². The zero-order chi connectivity index (χ0) is 8.27. The normalized spacial score (nSPS) is 13.8. The van der Waals surface area contributed by atoms with Gasteiger partial charge in [-0.15, -0.1) is 0 Å². The molecule has 0 spiro atoms. The Morgan fingerprint density at radius 1 is 1.64 bits per heavy atom. The fourth-order valence-corrected chi connectivity index (χ4v) is 1.77. The number of hydrogen-bond acceptors (Lipinski definition) is 3. The first-order valence-electron chi connectivity index (χ1n) is 3.59. The molecule has 1 aromatic heterocycles. The van der Waals surface area contributed by atoms with Crippen molar-refractivity contribution >= 4 is 27.5 Å². The fourth-order valence-electron chi connectivity index (χ4n) is 0.688. The summed E-state index contributed by atoms with van der Waals surface area (Å²) in [6, 6.07) is 0. The first-order chi connectivity index (χ1) is 5.20. The van der Waals surface area contributed by atoms with Crippen LogP contribution in [0.4, 0.5) is 0 Å². The molecule has 0 aromatic carbocycles. The third kappa shape index (κ3) is 2.87. The molecule has 62 valence electrons. The van der Waals surface area contributed by atoms with Gasteiger partial charge in [-0.2, -0.15) is 4.37 Å². The first kappa shape index (κ1) is 9.13.